The molecule has 0 aromatic heterocycles. The van der Waals surface area contributed by atoms with Gasteiger partial charge >= 0.3 is 17.9 Å². The number of hydrogen-bond acceptors (Lipinski definition) is 11. The van der Waals surface area contributed by atoms with Crippen LogP contribution in [0.4, 0.5) is 11.4 Å². The van der Waals surface area contributed by atoms with Crippen LogP contribution in [0.15, 0.2) is 146 Å². The van der Waals surface area contributed by atoms with Crippen molar-refractivity contribution in [2.24, 2.45) is 0 Å². The van der Waals surface area contributed by atoms with Crippen LogP contribution in [0.2, 0.25) is 0 Å². The summed E-state index contributed by atoms with van der Waals surface area (Å²) in [6.07, 6.45) is 11.8. The number of carbonyl (C=O) groups is 6. The van der Waals surface area contributed by atoms with Crippen LogP contribution < -0.4 is 20.5 Å². The van der Waals surface area contributed by atoms with E-state index >= 15 is 0 Å². The molecule has 0 aliphatic heterocycles. The highest BCUT2D eigenvalue weighted by Gasteiger charge is 2.11. The summed E-state index contributed by atoms with van der Waals surface area (Å²) in [6.45, 7) is 28.8. The van der Waals surface area contributed by atoms with Gasteiger partial charge in [-0.3, -0.25) is 24.0 Å². The molecular weight excluding hydrogens is 1170 g/mol. The van der Waals surface area contributed by atoms with Gasteiger partial charge in [-0.1, -0.05) is 129 Å². The Labute approximate surface area is 517 Å². The van der Waals surface area contributed by atoms with Crippen LogP contribution in [0.5, 0.6) is 11.5 Å². The van der Waals surface area contributed by atoms with Crippen LogP contribution in [0.1, 0.15) is 101 Å². The van der Waals surface area contributed by atoms with Gasteiger partial charge in [-0.25, -0.2) is 9.00 Å². The van der Waals surface area contributed by atoms with Crippen molar-refractivity contribution in [2.75, 3.05) is 30.7 Å². The van der Waals surface area contributed by atoms with Gasteiger partial charge in [0.2, 0.25) is 25.6 Å². The molecule has 0 aliphatic carbocycles. The number of benzene rings is 6. The fourth-order valence-corrected chi connectivity index (χ4v) is 6.55. The van der Waals surface area contributed by atoms with E-state index in [1.807, 2.05) is 145 Å². The maximum Gasteiger partial charge on any atom is 0.328 e. The first kappa shape index (κ1) is 76.6. The minimum Gasteiger partial charge on any atom is -0.478 e. The Morgan fingerprint density at radius 2 is 0.833 bits per heavy atom. The molecule has 450 valence electrons. The number of hydrogen-bond donors (Lipinski definition) is 3. The number of allylic oxidation sites excluding steroid dienone is 2. The summed E-state index contributed by atoms with van der Waals surface area (Å²) in [7, 11) is 7.36. The van der Waals surface area contributed by atoms with Crippen molar-refractivity contribution < 1.29 is 47.6 Å². The van der Waals surface area contributed by atoms with Gasteiger partial charge in [0.25, 0.3) is 0 Å². The van der Waals surface area contributed by atoms with E-state index in [1.165, 1.54) is 103 Å². The molecule has 0 unspecified atom stereocenters. The number of ether oxygens (including phenoxy) is 2. The van der Waals surface area contributed by atoms with E-state index in [2.05, 4.69) is 66.2 Å². The van der Waals surface area contributed by atoms with E-state index in [0.29, 0.717) is 11.3 Å². The van der Waals surface area contributed by atoms with E-state index in [9.17, 15) is 28.8 Å². The number of carboxylic acid groups (broad SMARTS) is 1. The SMILES string of the molecule is CC(=O)Oc1ccc(/C=C/C(=O)Nc2ccc(C)cc2)cc1OC(C)=O.CCN(CC)CC.Cc1ccc(/C=C/C(=O)Cl)cc1C.Cc1ccc(/C=C/C(=O)Cl)cc1C.Cc1ccc(/C=C/C(=O)O)cc1C.Cc1ccc(N)cc1.O=S(Cl)Cl. The van der Waals surface area contributed by atoms with E-state index in [4.69, 9.17) is 47.7 Å². The monoisotopic (exact) mass is 1240 g/mol. The number of esters is 2. The van der Waals surface area contributed by atoms with E-state index < -0.39 is 37.6 Å². The number of nitrogen functional groups attached to an aromatic ring is 1. The van der Waals surface area contributed by atoms with Crippen LogP contribution in [0.25, 0.3) is 24.3 Å². The molecular formula is C66H77Cl4N3O10S. The molecule has 0 spiro atoms. The van der Waals surface area contributed by atoms with Crippen LogP contribution in [-0.2, 0) is 38.0 Å². The third-order valence-corrected chi connectivity index (χ3v) is 11.7. The van der Waals surface area contributed by atoms with Gasteiger partial charge in [-0.2, -0.15) is 0 Å². The highest BCUT2D eigenvalue weighted by atomic mass is 36.0. The number of nitrogens with zero attached hydrogens (tertiary/aromatic N) is 1. The average Bonchev–Trinajstić information content (AvgIpc) is 3.54. The zero-order valence-corrected chi connectivity index (χ0v) is 53.7. The third kappa shape index (κ3) is 38.4. The summed E-state index contributed by atoms with van der Waals surface area (Å²) < 4.78 is 19.1. The van der Waals surface area contributed by atoms with Crippen molar-refractivity contribution in [2.45, 2.75) is 90.0 Å². The van der Waals surface area contributed by atoms with Crippen molar-refractivity contribution in [3.8, 4) is 11.5 Å². The second kappa shape index (κ2) is 43.3. The van der Waals surface area contributed by atoms with Crippen molar-refractivity contribution >= 4 is 124 Å². The fourth-order valence-electron chi connectivity index (χ4n) is 6.43. The summed E-state index contributed by atoms with van der Waals surface area (Å²) in [4.78, 5) is 67.8. The minimum atomic E-state index is -1.67. The highest BCUT2D eigenvalue weighted by Crippen LogP contribution is 2.29. The molecule has 0 bridgehead atoms. The second-order valence-electron chi connectivity index (χ2n) is 18.3. The van der Waals surface area contributed by atoms with E-state index in [0.717, 1.165) is 34.0 Å². The number of amides is 1. The van der Waals surface area contributed by atoms with Crippen molar-refractivity contribution in [3.05, 3.63) is 212 Å². The fraction of sp³-hybridized carbons (Fsp3) is 0.242. The number of nitrogens with two attached hydrogens (primary N) is 1. The normalized spacial score (nSPS) is 10.3. The molecule has 13 nitrogen and oxygen atoms in total. The standard InChI is InChI=1S/C20H19NO5.2C11H11ClO.C11H12O2.C7H9N.C6H15N.Cl2OS/c1-13-4-8-17(9-5-13)21-20(24)11-7-16-6-10-18(25-14(2)22)19(12-16)26-15(3)23;3*1-8-3-4-10(7-9(8)2)5-6-11(12)13;1-6-2-4-7(8)5-3-6;1-4-7(5-2)6-3;1-4(2)3/h4-12H,1-3H3,(H,21,24);2*3-7H,1-2H3;3-7H,1-2H3,(H,12,13);2-5H,8H2,1H3;4-6H2,1-3H3;/b11-7+;3*6-5+;;;. The van der Waals surface area contributed by atoms with Crippen molar-refractivity contribution in [1.82, 2.24) is 4.90 Å². The van der Waals surface area contributed by atoms with Gasteiger partial charge in [-0.15, -0.1) is 0 Å². The zero-order chi connectivity index (χ0) is 63.9. The van der Waals surface area contributed by atoms with Crippen LogP contribution in [0, 0.1) is 55.4 Å². The molecule has 0 fully saturated rings. The summed E-state index contributed by atoms with van der Waals surface area (Å²) in [5.74, 6) is -2.05. The van der Waals surface area contributed by atoms with Crippen LogP contribution in [0.3, 0.4) is 0 Å². The lowest BCUT2D eigenvalue weighted by Gasteiger charge is -2.13. The molecule has 0 heterocycles. The van der Waals surface area contributed by atoms with E-state index in [1.54, 1.807) is 30.4 Å². The molecule has 84 heavy (non-hydrogen) atoms. The Kier molecular flexibility index (Phi) is 39.4. The molecule has 0 saturated heterocycles. The quantitative estimate of drug-likeness (QED) is 0.0307. The Bertz CT molecular complexity index is 3010. The molecule has 0 aliphatic rings. The Balaban J connectivity index is 0.00000103. The summed E-state index contributed by atoms with van der Waals surface area (Å²) in [5, 5.41) is 10.3. The molecule has 18 heteroatoms. The molecule has 6 aromatic carbocycles. The predicted molar refractivity (Wildman–Crippen MR) is 351 cm³/mol. The second-order valence-corrected chi connectivity index (χ2v) is 21.5. The highest BCUT2D eigenvalue weighted by molar-refractivity contribution is 8.26. The number of rotatable bonds is 14. The predicted octanol–water partition coefficient (Wildman–Crippen LogP) is 16.0. The largest absolute Gasteiger partial charge is 0.478 e. The van der Waals surface area contributed by atoms with E-state index in [-0.39, 0.29) is 17.4 Å². The van der Waals surface area contributed by atoms with Gasteiger partial charge in [-0.05, 0) is 215 Å². The average molecular weight is 1250 g/mol. The Hall–Kier alpha value is -7.43. The molecule has 0 radical (unpaired) electrons. The maximum atomic E-state index is 12.0. The number of carboxylic acids is 1. The first-order chi connectivity index (χ1) is 39.5. The van der Waals surface area contributed by atoms with Gasteiger partial charge in [0.15, 0.2) is 11.5 Å². The number of aryl methyl sites for hydroxylation is 8. The molecule has 0 atom stereocenters. The Morgan fingerprint density at radius 3 is 1.15 bits per heavy atom. The lowest BCUT2D eigenvalue weighted by Crippen LogP contribution is -2.21. The number of anilines is 2. The summed E-state index contributed by atoms with van der Waals surface area (Å²) >= 11 is 10.3. The Morgan fingerprint density at radius 1 is 0.500 bits per heavy atom. The van der Waals surface area contributed by atoms with Gasteiger partial charge in [0, 0.05) is 58.7 Å². The van der Waals surface area contributed by atoms with Crippen LogP contribution >= 0.6 is 44.6 Å². The summed E-state index contributed by atoms with van der Waals surface area (Å²) in [5.41, 5.74) is 20.1. The molecule has 6 aromatic rings. The lowest BCUT2D eigenvalue weighted by molar-refractivity contribution is -0.134. The number of nitrogens with one attached hydrogen (secondary N) is 1. The maximum absolute atomic E-state index is 12.0. The van der Waals surface area contributed by atoms with Crippen molar-refractivity contribution in [3.63, 3.8) is 0 Å². The number of aliphatic carboxylic acids is 1. The van der Waals surface area contributed by atoms with Gasteiger partial charge in [0.05, 0.1) is 0 Å². The lowest BCUT2D eigenvalue weighted by atomic mass is 10.1. The molecule has 1 amide bonds. The molecule has 4 N–H and O–H groups in total. The molecule has 6 rings (SSSR count). The topological polar surface area (TPSA) is 199 Å². The number of halogens is 4. The number of carbonyl (C=O) groups excluding carboxylic acids is 5. The minimum absolute atomic E-state index is 0.105. The van der Waals surface area contributed by atoms with Gasteiger partial charge in [0.1, 0.15) is 0 Å². The molecule has 0 saturated carbocycles. The van der Waals surface area contributed by atoms with Gasteiger partial charge < -0.3 is 30.5 Å². The zero-order valence-electron chi connectivity index (χ0n) is 49.9. The van der Waals surface area contributed by atoms with Crippen molar-refractivity contribution in [1.29, 1.82) is 0 Å². The smallest absolute Gasteiger partial charge is 0.328 e. The third-order valence-electron chi connectivity index (χ3n) is 11.5. The van der Waals surface area contributed by atoms with Crippen LogP contribution in [-0.4, -0.2) is 68.1 Å². The first-order valence-electron chi connectivity index (χ1n) is 26.2. The summed E-state index contributed by atoms with van der Waals surface area (Å²) in [6, 6.07) is 37.7. The first-order valence-corrected chi connectivity index (χ1v) is 29.8.